The maximum atomic E-state index is 12.6. The van der Waals surface area contributed by atoms with Crippen molar-refractivity contribution >= 4 is 11.8 Å². The van der Waals surface area contributed by atoms with E-state index in [1.165, 1.54) is 0 Å². The third-order valence-corrected chi connectivity index (χ3v) is 5.50. The van der Waals surface area contributed by atoms with Crippen LogP contribution in [0.1, 0.15) is 61.3 Å². The molecule has 2 aliphatic heterocycles. The van der Waals surface area contributed by atoms with Crippen LogP contribution in [0.25, 0.3) is 0 Å². The van der Waals surface area contributed by atoms with Crippen LogP contribution < -0.4 is 10.6 Å². The summed E-state index contributed by atoms with van der Waals surface area (Å²) < 4.78 is 0. The zero-order valence-electron chi connectivity index (χ0n) is 15.2. The molecule has 2 aliphatic rings. The van der Waals surface area contributed by atoms with Crippen molar-refractivity contribution in [3.8, 4) is 0 Å². The monoisotopic (exact) mass is 347 g/mol. The number of carbonyl (C=O) groups is 2. The number of piperidine rings is 1. The van der Waals surface area contributed by atoms with Crippen molar-refractivity contribution in [3.63, 3.8) is 0 Å². The van der Waals surface area contributed by atoms with E-state index in [4.69, 9.17) is 0 Å². The molecular formula is C18H29N5O2. The molecule has 25 heavy (non-hydrogen) atoms. The van der Waals surface area contributed by atoms with E-state index in [9.17, 15) is 9.59 Å². The van der Waals surface area contributed by atoms with Crippen LogP contribution in [-0.2, 0) is 17.8 Å². The lowest BCUT2D eigenvalue weighted by atomic mass is 9.98. The summed E-state index contributed by atoms with van der Waals surface area (Å²) in [7, 11) is 0. The lowest BCUT2D eigenvalue weighted by Gasteiger charge is -2.34. The number of carbonyl (C=O) groups excluding carboxylic acids is 2. The Labute approximate surface area is 148 Å². The van der Waals surface area contributed by atoms with Gasteiger partial charge < -0.3 is 15.5 Å². The Balaban J connectivity index is 1.53. The predicted octanol–water partition coefficient (Wildman–Crippen LogP) is 1.21. The van der Waals surface area contributed by atoms with Crippen molar-refractivity contribution in [3.05, 3.63) is 17.0 Å². The molecule has 0 spiro atoms. The summed E-state index contributed by atoms with van der Waals surface area (Å²) in [6, 6.07) is 0.113. The van der Waals surface area contributed by atoms with E-state index < -0.39 is 0 Å². The first kappa shape index (κ1) is 17.9. The molecule has 1 aromatic rings. The maximum Gasteiger partial charge on any atom is 0.272 e. The molecule has 7 heteroatoms. The van der Waals surface area contributed by atoms with E-state index in [1.54, 1.807) is 0 Å². The molecule has 1 fully saturated rings. The molecule has 0 atom stereocenters. The molecule has 0 bridgehead atoms. The third kappa shape index (κ3) is 3.86. The fourth-order valence-corrected chi connectivity index (χ4v) is 3.81. The Bertz CT molecular complexity index is 615. The minimum absolute atomic E-state index is 0.106. The van der Waals surface area contributed by atoms with Gasteiger partial charge in [-0.1, -0.05) is 13.8 Å². The molecule has 0 aliphatic carbocycles. The molecule has 3 rings (SSSR count). The smallest absolute Gasteiger partial charge is 0.272 e. The lowest BCUT2D eigenvalue weighted by Crippen LogP contribution is -2.48. The molecule has 3 heterocycles. The number of hydrogen-bond acceptors (Lipinski definition) is 4. The van der Waals surface area contributed by atoms with Crippen molar-refractivity contribution < 1.29 is 9.59 Å². The summed E-state index contributed by atoms with van der Waals surface area (Å²) in [5, 5.41) is 13.6. The fraction of sp³-hybridized carbons (Fsp3) is 0.722. The molecule has 138 valence electrons. The first-order valence-corrected chi connectivity index (χ1v) is 9.50. The third-order valence-electron chi connectivity index (χ3n) is 5.50. The van der Waals surface area contributed by atoms with Crippen LogP contribution in [0.5, 0.6) is 0 Å². The number of aromatic amines is 1. The molecule has 0 aromatic carbocycles. The van der Waals surface area contributed by atoms with Crippen LogP contribution in [0.2, 0.25) is 0 Å². The van der Waals surface area contributed by atoms with Crippen LogP contribution in [0, 0.1) is 5.92 Å². The van der Waals surface area contributed by atoms with Gasteiger partial charge >= 0.3 is 0 Å². The molecule has 7 nitrogen and oxygen atoms in total. The minimum atomic E-state index is -0.106. The molecule has 0 saturated carbocycles. The van der Waals surface area contributed by atoms with Crippen LogP contribution in [0.15, 0.2) is 0 Å². The number of fused-ring (bicyclic) bond motifs is 1. The average molecular weight is 347 g/mol. The summed E-state index contributed by atoms with van der Waals surface area (Å²) in [4.78, 5) is 27.0. The summed E-state index contributed by atoms with van der Waals surface area (Å²) in [5.41, 5.74) is 2.57. The number of rotatable bonds is 5. The fourth-order valence-electron chi connectivity index (χ4n) is 3.81. The van der Waals surface area contributed by atoms with Crippen molar-refractivity contribution in [2.24, 2.45) is 5.92 Å². The molecule has 0 unspecified atom stereocenters. The predicted molar refractivity (Wildman–Crippen MR) is 95.1 cm³/mol. The lowest BCUT2D eigenvalue weighted by molar-refractivity contribution is -0.136. The van der Waals surface area contributed by atoms with E-state index in [0.717, 1.165) is 63.0 Å². The van der Waals surface area contributed by atoms with Gasteiger partial charge in [0.15, 0.2) is 5.69 Å². The van der Waals surface area contributed by atoms with Gasteiger partial charge in [0.1, 0.15) is 0 Å². The second kappa shape index (κ2) is 7.99. The second-order valence-corrected chi connectivity index (χ2v) is 7.04. The van der Waals surface area contributed by atoms with Crippen molar-refractivity contribution in [2.45, 2.75) is 58.5 Å². The van der Waals surface area contributed by atoms with Crippen molar-refractivity contribution in [1.29, 1.82) is 0 Å². The van der Waals surface area contributed by atoms with Gasteiger partial charge in [-0.15, -0.1) is 0 Å². The average Bonchev–Trinajstić information content (AvgIpc) is 3.07. The molecule has 1 saturated heterocycles. The summed E-state index contributed by atoms with van der Waals surface area (Å²) in [5.74, 6) is 0.294. The Morgan fingerprint density at radius 3 is 2.68 bits per heavy atom. The summed E-state index contributed by atoms with van der Waals surface area (Å²) in [6.45, 7) is 7.19. The number of hydrogen-bond donors (Lipinski definition) is 3. The van der Waals surface area contributed by atoms with Gasteiger partial charge in [-0.2, -0.15) is 5.10 Å². The Kier molecular flexibility index (Phi) is 5.73. The summed E-state index contributed by atoms with van der Waals surface area (Å²) >= 11 is 0. The van der Waals surface area contributed by atoms with Gasteiger partial charge in [-0.05, 0) is 25.7 Å². The van der Waals surface area contributed by atoms with Gasteiger partial charge in [-0.25, -0.2) is 0 Å². The number of nitrogens with one attached hydrogen (secondary N) is 3. The Hall–Kier alpha value is -1.89. The first-order valence-electron chi connectivity index (χ1n) is 9.50. The summed E-state index contributed by atoms with van der Waals surface area (Å²) in [6.07, 6.45) is 4.28. The van der Waals surface area contributed by atoms with E-state index in [2.05, 4.69) is 34.7 Å². The highest BCUT2D eigenvalue weighted by Crippen LogP contribution is 2.19. The van der Waals surface area contributed by atoms with E-state index in [1.807, 2.05) is 4.90 Å². The number of likely N-dealkylation sites (tertiary alicyclic amines) is 1. The van der Waals surface area contributed by atoms with Crippen LogP contribution >= 0.6 is 0 Å². The highest BCUT2D eigenvalue weighted by Gasteiger charge is 2.28. The van der Waals surface area contributed by atoms with Crippen LogP contribution in [-0.4, -0.2) is 52.6 Å². The first-order chi connectivity index (χ1) is 12.1. The van der Waals surface area contributed by atoms with Crippen molar-refractivity contribution in [2.75, 3.05) is 19.6 Å². The number of amides is 2. The number of nitrogens with zero attached hydrogens (tertiary/aromatic N) is 2. The number of aromatic nitrogens is 2. The zero-order chi connectivity index (χ0) is 17.8. The standard InChI is InChI=1S/C18H29N5O2/c1-3-12(4-2)18(25)23-9-6-13(7-10-23)20-17(24)16-14-11-19-8-5-15(14)21-22-16/h12-13,19H,3-11H2,1-2H3,(H,20,24)(H,21,22). The number of H-pyrrole nitrogens is 1. The van der Waals surface area contributed by atoms with E-state index in [-0.39, 0.29) is 23.8 Å². The highest BCUT2D eigenvalue weighted by molar-refractivity contribution is 5.94. The molecule has 2 amide bonds. The highest BCUT2D eigenvalue weighted by atomic mass is 16.2. The molecule has 1 aromatic heterocycles. The van der Waals surface area contributed by atoms with E-state index in [0.29, 0.717) is 12.2 Å². The van der Waals surface area contributed by atoms with Crippen molar-refractivity contribution in [1.82, 2.24) is 25.7 Å². The van der Waals surface area contributed by atoms with Gasteiger partial charge in [0.2, 0.25) is 5.91 Å². The molecule has 0 radical (unpaired) electrons. The van der Waals surface area contributed by atoms with Gasteiger partial charge in [0, 0.05) is 55.8 Å². The molecule has 3 N–H and O–H groups in total. The van der Waals surface area contributed by atoms with Gasteiger partial charge in [-0.3, -0.25) is 14.7 Å². The SMILES string of the molecule is CCC(CC)C(=O)N1CCC(NC(=O)c2n[nH]c3c2CNCC3)CC1. The van der Waals surface area contributed by atoms with E-state index >= 15 is 0 Å². The van der Waals surface area contributed by atoms with Gasteiger partial charge in [0.25, 0.3) is 5.91 Å². The maximum absolute atomic E-state index is 12.6. The van der Waals surface area contributed by atoms with Crippen LogP contribution in [0.3, 0.4) is 0 Å². The Morgan fingerprint density at radius 2 is 2.00 bits per heavy atom. The quantitative estimate of drug-likeness (QED) is 0.747. The van der Waals surface area contributed by atoms with Crippen LogP contribution in [0.4, 0.5) is 0 Å². The minimum Gasteiger partial charge on any atom is -0.348 e. The largest absolute Gasteiger partial charge is 0.348 e. The topological polar surface area (TPSA) is 90.1 Å². The zero-order valence-corrected chi connectivity index (χ0v) is 15.2. The normalized spacial score (nSPS) is 18.3. The Morgan fingerprint density at radius 1 is 1.28 bits per heavy atom. The second-order valence-electron chi connectivity index (χ2n) is 7.04. The van der Waals surface area contributed by atoms with Gasteiger partial charge in [0.05, 0.1) is 0 Å². The molecular weight excluding hydrogens is 318 g/mol.